The fourth-order valence-corrected chi connectivity index (χ4v) is 6.62. The summed E-state index contributed by atoms with van der Waals surface area (Å²) >= 11 is 6.57. The van der Waals surface area contributed by atoms with Crippen LogP contribution in [0, 0.1) is 6.92 Å². The monoisotopic (exact) mass is 661 g/mol. The van der Waals surface area contributed by atoms with Gasteiger partial charge in [0.05, 0.1) is 17.7 Å². The molecule has 0 unspecified atom stereocenters. The molecule has 0 heterocycles. The molecule has 242 valence electrons. The molecule has 0 saturated heterocycles. The summed E-state index contributed by atoms with van der Waals surface area (Å²) in [6.07, 6.45) is 0.193. The van der Waals surface area contributed by atoms with E-state index in [0.717, 1.165) is 15.4 Å². The second-order valence-corrected chi connectivity index (χ2v) is 14.3. The SMILES string of the molecule is COc1ccccc1N(CC(=O)N(Cc1ccccc1Cl)[C@H](Cc1ccccc1)C(=O)NC(C)(C)C)S(=O)(=O)c1ccc(C)cc1. The Labute approximate surface area is 277 Å². The van der Waals surface area contributed by atoms with Crippen molar-refractivity contribution in [3.05, 3.63) is 125 Å². The molecule has 0 radical (unpaired) electrons. The lowest BCUT2D eigenvalue weighted by Crippen LogP contribution is -2.56. The van der Waals surface area contributed by atoms with Crippen LogP contribution in [0.2, 0.25) is 5.02 Å². The summed E-state index contributed by atoms with van der Waals surface area (Å²) < 4.78 is 35.1. The Morgan fingerprint density at radius 1 is 0.870 bits per heavy atom. The topological polar surface area (TPSA) is 96.0 Å². The van der Waals surface area contributed by atoms with E-state index in [1.54, 1.807) is 60.7 Å². The first-order chi connectivity index (χ1) is 21.8. The van der Waals surface area contributed by atoms with Gasteiger partial charge in [0.15, 0.2) is 0 Å². The quantitative estimate of drug-likeness (QED) is 0.189. The van der Waals surface area contributed by atoms with E-state index in [1.807, 2.05) is 58.0 Å². The summed E-state index contributed by atoms with van der Waals surface area (Å²) in [6.45, 7) is 6.82. The number of carbonyl (C=O) groups excluding carboxylic acids is 2. The summed E-state index contributed by atoms with van der Waals surface area (Å²) in [5.74, 6) is -0.691. The molecule has 4 aromatic rings. The van der Waals surface area contributed by atoms with Gasteiger partial charge >= 0.3 is 0 Å². The number of halogens is 1. The molecule has 1 atom stereocenters. The molecular weight excluding hydrogens is 622 g/mol. The number of amides is 2. The largest absolute Gasteiger partial charge is 0.495 e. The lowest BCUT2D eigenvalue weighted by atomic mass is 10.0. The minimum absolute atomic E-state index is 0.0146. The molecule has 10 heteroatoms. The van der Waals surface area contributed by atoms with Crippen molar-refractivity contribution in [2.75, 3.05) is 18.0 Å². The number of para-hydroxylation sites is 2. The van der Waals surface area contributed by atoms with Gasteiger partial charge < -0.3 is 15.0 Å². The number of benzene rings is 4. The van der Waals surface area contributed by atoms with E-state index in [-0.39, 0.29) is 35.2 Å². The van der Waals surface area contributed by atoms with Crippen LogP contribution in [0.15, 0.2) is 108 Å². The molecule has 0 spiro atoms. The number of methoxy groups -OCH3 is 1. The third kappa shape index (κ3) is 8.68. The van der Waals surface area contributed by atoms with Crippen molar-refractivity contribution >= 4 is 39.1 Å². The number of ether oxygens (including phenoxy) is 1. The number of anilines is 1. The number of sulfonamides is 1. The van der Waals surface area contributed by atoms with Crippen molar-refractivity contribution in [3.63, 3.8) is 0 Å². The molecule has 4 aromatic carbocycles. The second-order valence-electron chi connectivity index (χ2n) is 12.1. The van der Waals surface area contributed by atoms with Gasteiger partial charge in [0.25, 0.3) is 10.0 Å². The van der Waals surface area contributed by atoms with Crippen LogP contribution < -0.4 is 14.4 Å². The van der Waals surface area contributed by atoms with Gasteiger partial charge in [-0.2, -0.15) is 0 Å². The highest BCUT2D eigenvalue weighted by Crippen LogP contribution is 2.33. The maximum absolute atomic E-state index is 14.6. The highest BCUT2D eigenvalue weighted by molar-refractivity contribution is 7.92. The van der Waals surface area contributed by atoms with E-state index in [0.29, 0.717) is 10.6 Å². The molecular formula is C36H40ClN3O5S. The van der Waals surface area contributed by atoms with E-state index < -0.39 is 34.1 Å². The highest BCUT2D eigenvalue weighted by Gasteiger charge is 2.36. The summed E-state index contributed by atoms with van der Waals surface area (Å²) in [6, 6.07) is 28.5. The molecule has 0 aliphatic heterocycles. The Balaban J connectivity index is 1.85. The van der Waals surface area contributed by atoms with Gasteiger partial charge in [-0.25, -0.2) is 8.42 Å². The standard InChI is InChI=1S/C36H40ClN3O5S/c1-26-19-21-29(22-20-26)46(43,44)40(31-17-11-12-18-33(31)45-5)25-34(41)39(24-28-15-9-10-16-30(28)37)32(35(42)38-36(2,3)4)23-27-13-7-6-8-14-27/h6-22,32H,23-25H2,1-5H3,(H,38,42)/t32-/m1/s1. The number of hydrogen-bond acceptors (Lipinski definition) is 5. The van der Waals surface area contributed by atoms with Gasteiger partial charge in [0.1, 0.15) is 18.3 Å². The van der Waals surface area contributed by atoms with Gasteiger partial charge in [-0.15, -0.1) is 0 Å². The van der Waals surface area contributed by atoms with Gasteiger partial charge in [-0.3, -0.25) is 13.9 Å². The van der Waals surface area contributed by atoms with Gasteiger partial charge in [-0.1, -0.05) is 90.0 Å². The Morgan fingerprint density at radius 3 is 2.11 bits per heavy atom. The Morgan fingerprint density at radius 2 is 1.48 bits per heavy atom. The van der Waals surface area contributed by atoms with Crippen LogP contribution in [-0.4, -0.2) is 50.4 Å². The number of nitrogens with zero attached hydrogens (tertiary/aromatic N) is 2. The zero-order chi connectivity index (χ0) is 33.5. The van der Waals surface area contributed by atoms with Crippen molar-refractivity contribution in [1.29, 1.82) is 0 Å². The molecule has 1 N–H and O–H groups in total. The van der Waals surface area contributed by atoms with Crippen LogP contribution in [0.5, 0.6) is 5.75 Å². The van der Waals surface area contributed by atoms with E-state index in [4.69, 9.17) is 16.3 Å². The average molecular weight is 662 g/mol. The first-order valence-electron chi connectivity index (χ1n) is 14.9. The van der Waals surface area contributed by atoms with Crippen molar-refractivity contribution in [3.8, 4) is 5.75 Å². The maximum Gasteiger partial charge on any atom is 0.264 e. The van der Waals surface area contributed by atoms with Crippen molar-refractivity contribution in [1.82, 2.24) is 10.2 Å². The van der Waals surface area contributed by atoms with Crippen LogP contribution in [-0.2, 0) is 32.6 Å². The molecule has 8 nitrogen and oxygen atoms in total. The number of nitrogens with one attached hydrogen (secondary N) is 1. The molecule has 46 heavy (non-hydrogen) atoms. The van der Waals surface area contributed by atoms with Crippen LogP contribution in [0.4, 0.5) is 5.69 Å². The van der Waals surface area contributed by atoms with Crippen molar-refractivity contribution in [2.45, 2.75) is 57.1 Å². The number of hydrogen-bond donors (Lipinski definition) is 1. The summed E-state index contributed by atoms with van der Waals surface area (Å²) in [4.78, 5) is 30.1. The number of rotatable bonds is 12. The first kappa shape index (κ1) is 34.5. The Kier molecular flexibility index (Phi) is 11.1. The predicted octanol–water partition coefficient (Wildman–Crippen LogP) is 6.41. The molecule has 0 aliphatic rings. The molecule has 4 rings (SSSR count). The summed E-state index contributed by atoms with van der Waals surface area (Å²) in [7, 11) is -2.83. The second kappa shape index (κ2) is 14.8. The van der Waals surface area contributed by atoms with Crippen molar-refractivity contribution in [2.24, 2.45) is 0 Å². The minimum Gasteiger partial charge on any atom is -0.495 e. The molecule has 0 aliphatic carbocycles. The van der Waals surface area contributed by atoms with Crippen LogP contribution in [0.25, 0.3) is 0 Å². The van der Waals surface area contributed by atoms with E-state index in [1.165, 1.54) is 24.1 Å². The van der Waals surface area contributed by atoms with E-state index in [2.05, 4.69) is 5.32 Å². The van der Waals surface area contributed by atoms with Gasteiger partial charge in [-0.05, 0) is 69.2 Å². The number of carbonyl (C=O) groups is 2. The van der Waals surface area contributed by atoms with E-state index in [9.17, 15) is 18.0 Å². The third-order valence-electron chi connectivity index (χ3n) is 7.31. The summed E-state index contributed by atoms with van der Waals surface area (Å²) in [5.41, 5.74) is 1.93. The number of aryl methyl sites for hydroxylation is 1. The van der Waals surface area contributed by atoms with Gasteiger partial charge in [0, 0.05) is 23.5 Å². The maximum atomic E-state index is 14.6. The fraction of sp³-hybridized carbons (Fsp3) is 0.278. The smallest absolute Gasteiger partial charge is 0.264 e. The van der Waals surface area contributed by atoms with Crippen molar-refractivity contribution < 1.29 is 22.7 Å². The summed E-state index contributed by atoms with van der Waals surface area (Å²) in [5, 5.41) is 3.44. The van der Waals surface area contributed by atoms with Crippen LogP contribution in [0.3, 0.4) is 0 Å². The third-order valence-corrected chi connectivity index (χ3v) is 9.45. The lowest BCUT2D eigenvalue weighted by Gasteiger charge is -2.35. The average Bonchev–Trinajstić information content (AvgIpc) is 3.02. The predicted molar refractivity (Wildman–Crippen MR) is 183 cm³/mol. The van der Waals surface area contributed by atoms with Gasteiger partial charge in [0.2, 0.25) is 11.8 Å². The lowest BCUT2D eigenvalue weighted by molar-refractivity contribution is -0.140. The van der Waals surface area contributed by atoms with Crippen LogP contribution in [0.1, 0.15) is 37.5 Å². The molecule has 2 amide bonds. The molecule has 0 saturated carbocycles. The van der Waals surface area contributed by atoms with E-state index >= 15 is 0 Å². The molecule has 0 bridgehead atoms. The Bertz CT molecular complexity index is 1760. The highest BCUT2D eigenvalue weighted by atomic mass is 35.5. The van der Waals surface area contributed by atoms with Crippen LogP contribution >= 0.6 is 11.6 Å². The zero-order valence-corrected chi connectivity index (χ0v) is 28.3. The Hall–Kier alpha value is -4.34. The zero-order valence-electron chi connectivity index (χ0n) is 26.7. The minimum atomic E-state index is -4.27. The fourth-order valence-electron chi connectivity index (χ4n) is 5.00. The molecule has 0 aromatic heterocycles. The molecule has 0 fully saturated rings. The normalized spacial score (nSPS) is 12.2. The first-order valence-corrected chi connectivity index (χ1v) is 16.7.